The lowest BCUT2D eigenvalue weighted by Gasteiger charge is -2.09. The third-order valence-electron chi connectivity index (χ3n) is 4.63. The summed E-state index contributed by atoms with van der Waals surface area (Å²) in [6.07, 6.45) is 4.44. The number of aromatic nitrogens is 2. The van der Waals surface area contributed by atoms with E-state index >= 15 is 0 Å². The number of nitrogens with zero attached hydrogens (tertiary/aromatic N) is 2. The van der Waals surface area contributed by atoms with Crippen LogP contribution in [0.5, 0.6) is 5.75 Å². The SMILES string of the molecule is COC(=O)C1CC1.COc1ccccc1-c1cc2cc(NC=O)ncc2n1C.[HH]. The molecule has 7 heteroatoms. The van der Waals surface area contributed by atoms with E-state index in [0.29, 0.717) is 12.2 Å². The van der Waals surface area contributed by atoms with Crippen molar-refractivity contribution in [1.82, 2.24) is 9.55 Å². The molecular weight excluding hydrogens is 358 g/mol. The number of pyridine rings is 1. The highest BCUT2D eigenvalue weighted by molar-refractivity contribution is 5.90. The Morgan fingerprint density at radius 3 is 2.64 bits per heavy atom. The molecule has 1 N–H and O–H groups in total. The first-order valence-electron chi connectivity index (χ1n) is 8.96. The molecule has 2 heterocycles. The minimum absolute atomic E-state index is 0. The van der Waals surface area contributed by atoms with Gasteiger partial charge in [0.2, 0.25) is 6.41 Å². The summed E-state index contributed by atoms with van der Waals surface area (Å²) in [5.41, 5.74) is 3.04. The van der Waals surface area contributed by atoms with E-state index in [1.807, 2.05) is 37.4 Å². The second-order valence-electron chi connectivity index (χ2n) is 6.48. The number of hydrogen-bond acceptors (Lipinski definition) is 5. The molecule has 0 bridgehead atoms. The van der Waals surface area contributed by atoms with Gasteiger partial charge in [-0.05, 0) is 37.1 Å². The fourth-order valence-corrected chi connectivity index (χ4v) is 2.97. The van der Waals surface area contributed by atoms with Crippen LogP contribution in [0.4, 0.5) is 5.82 Å². The molecule has 28 heavy (non-hydrogen) atoms. The van der Waals surface area contributed by atoms with Crippen LogP contribution >= 0.6 is 0 Å². The smallest absolute Gasteiger partial charge is 0.308 e. The van der Waals surface area contributed by atoms with Crippen molar-refractivity contribution in [3.05, 3.63) is 42.6 Å². The van der Waals surface area contributed by atoms with Crippen molar-refractivity contribution in [1.29, 1.82) is 0 Å². The summed E-state index contributed by atoms with van der Waals surface area (Å²) in [7, 11) is 5.08. The highest BCUT2D eigenvalue weighted by Crippen LogP contribution is 2.33. The third kappa shape index (κ3) is 4.14. The quantitative estimate of drug-likeness (QED) is 0.537. The van der Waals surface area contributed by atoms with Gasteiger partial charge in [-0.25, -0.2) is 4.98 Å². The first-order chi connectivity index (χ1) is 13.6. The van der Waals surface area contributed by atoms with Gasteiger partial charge in [0.15, 0.2) is 0 Å². The van der Waals surface area contributed by atoms with E-state index in [1.54, 1.807) is 13.3 Å². The molecule has 0 unspecified atom stereocenters. The number of esters is 1. The lowest BCUT2D eigenvalue weighted by molar-refractivity contribution is -0.142. The van der Waals surface area contributed by atoms with Gasteiger partial charge >= 0.3 is 5.97 Å². The van der Waals surface area contributed by atoms with Crippen molar-refractivity contribution < 1.29 is 20.5 Å². The number of carbonyl (C=O) groups excluding carboxylic acids is 2. The number of aryl methyl sites for hydroxylation is 1. The number of anilines is 1. The maximum absolute atomic E-state index is 10.5. The Kier molecular flexibility index (Phi) is 5.93. The number of para-hydroxylation sites is 1. The fourth-order valence-electron chi connectivity index (χ4n) is 2.97. The largest absolute Gasteiger partial charge is 0.496 e. The Morgan fingerprint density at radius 2 is 2.04 bits per heavy atom. The first kappa shape index (κ1) is 19.4. The molecule has 1 aromatic carbocycles. The normalized spacial score (nSPS) is 12.7. The minimum atomic E-state index is -0.0417. The zero-order valence-corrected chi connectivity index (χ0v) is 16.1. The number of ether oxygens (including phenoxy) is 2. The summed E-state index contributed by atoms with van der Waals surface area (Å²) < 4.78 is 11.9. The van der Waals surface area contributed by atoms with Gasteiger partial charge in [-0.3, -0.25) is 9.59 Å². The van der Waals surface area contributed by atoms with Gasteiger partial charge in [0.25, 0.3) is 0 Å². The molecule has 1 saturated carbocycles. The topological polar surface area (TPSA) is 82.4 Å². The van der Waals surface area contributed by atoms with Crippen molar-refractivity contribution in [2.75, 3.05) is 19.5 Å². The molecule has 3 aromatic rings. The van der Waals surface area contributed by atoms with Crippen molar-refractivity contribution in [2.24, 2.45) is 13.0 Å². The summed E-state index contributed by atoms with van der Waals surface area (Å²) in [6, 6.07) is 11.8. The molecule has 1 aliphatic carbocycles. The molecule has 1 fully saturated rings. The third-order valence-corrected chi connectivity index (χ3v) is 4.63. The van der Waals surface area contributed by atoms with Gasteiger partial charge in [-0.15, -0.1) is 0 Å². The lowest BCUT2D eigenvalue weighted by atomic mass is 10.1. The molecule has 7 nitrogen and oxygen atoms in total. The van der Waals surface area contributed by atoms with Crippen LogP contribution in [-0.2, 0) is 21.4 Å². The fraction of sp³-hybridized carbons (Fsp3) is 0.286. The van der Waals surface area contributed by atoms with Gasteiger partial charge in [0, 0.05) is 19.4 Å². The van der Waals surface area contributed by atoms with E-state index in [9.17, 15) is 9.59 Å². The van der Waals surface area contributed by atoms with Gasteiger partial charge < -0.3 is 19.4 Å². The molecule has 0 aliphatic heterocycles. The predicted octanol–water partition coefficient (Wildman–Crippen LogP) is 3.63. The second-order valence-corrected chi connectivity index (χ2v) is 6.48. The van der Waals surface area contributed by atoms with E-state index in [1.165, 1.54) is 7.11 Å². The van der Waals surface area contributed by atoms with Crippen molar-refractivity contribution >= 4 is 29.1 Å². The Balaban J connectivity index is 0.000000319. The van der Waals surface area contributed by atoms with E-state index in [-0.39, 0.29) is 13.3 Å². The van der Waals surface area contributed by atoms with E-state index in [4.69, 9.17) is 4.74 Å². The molecule has 0 spiro atoms. The summed E-state index contributed by atoms with van der Waals surface area (Å²) in [4.78, 5) is 25.1. The second kappa shape index (κ2) is 8.56. The van der Waals surface area contributed by atoms with Crippen LogP contribution < -0.4 is 10.1 Å². The van der Waals surface area contributed by atoms with E-state index in [2.05, 4.69) is 25.7 Å². The highest BCUT2D eigenvalue weighted by Gasteiger charge is 2.30. The van der Waals surface area contributed by atoms with Crippen LogP contribution in [0.25, 0.3) is 22.2 Å². The Hall–Kier alpha value is -3.35. The van der Waals surface area contributed by atoms with Crippen LogP contribution in [0.2, 0.25) is 0 Å². The minimum Gasteiger partial charge on any atom is -0.496 e. The van der Waals surface area contributed by atoms with Crippen LogP contribution in [-0.4, -0.2) is 36.2 Å². The molecule has 2 aromatic heterocycles. The number of hydrogen-bond donors (Lipinski definition) is 1. The molecule has 1 amide bonds. The van der Waals surface area contributed by atoms with Gasteiger partial charge in [-0.2, -0.15) is 0 Å². The average Bonchev–Trinajstić information content (AvgIpc) is 3.52. The Bertz CT molecular complexity index is 999. The standard InChI is InChI=1S/C16H15N3O2.C5H8O2.H2/c1-19-13(12-5-3-4-6-15(12)21-2)7-11-8-16(18-10-20)17-9-14(11)19;1-7-5(6)4-2-3-4;/h3-10H,1-2H3,(H,17,18,20);4H,2-3H2,1H3;1H. The number of methoxy groups -OCH3 is 2. The molecular formula is C21H25N3O4. The maximum atomic E-state index is 10.5. The Labute approximate surface area is 164 Å². The van der Waals surface area contributed by atoms with Crippen LogP contribution in [0.1, 0.15) is 14.3 Å². The monoisotopic (exact) mass is 383 g/mol. The molecule has 1 aliphatic rings. The summed E-state index contributed by atoms with van der Waals surface area (Å²) in [5, 5.41) is 3.58. The highest BCUT2D eigenvalue weighted by atomic mass is 16.5. The summed E-state index contributed by atoms with van der Waals surface area (Å²) in [6.45, 7) is 0. The number of benzene rings is 1. The van der Waals surface area contributed by atoms with Crippen LogP contribution in [0.3, 0.4) is 0 Å². The molecule has 4 rings (SSSR count). The number of fused-ring (bicyclic) bond motifs is 1. The van der Waals surface area contributed by atoms with Crippen LogP contribution in [0.15, 0.2) is 42.6 Å². The first-order valence-corrected chi connectivity index (χ1v) is 8.96. The Morgan fingerprint density at radius 1 is 1.29 bits per heavy atom. The zero-order chi connectivity index (χ0) is 20.1. The number of carbonyl (C=O) groups is 2. The number of nitrogens with one attached hydrogen (secondary N) is 1. The molecule has 0 radical (unpaired) electrons. The van der Waals surface area contributed by atoms with Crippen molar-refractivity contribution in [3.63, 3.8) is 0 Å². The van der Waals surface area contributed by atoms with E-state index in [0.717, 1.165) is 40.8 Å². The van der Waals surface area contributed by atoms with E-state index < -0.39 is 0 Å². The van der Waals surface area contributed by atoms with Gasteiger partial charge in [0.1, 0.15) is 11.6 Å². The number of amides is 1. The summed E-state index contributed by atoms with van der Waals surface area (Å²) in [5.74, 6) is 1.57. The molecule has 0 saturated heterocycles. The number of rotatable bonds is 5. The average molecular weight is 383 g/mol. The van der Waals surface area contributed by atoms with Crippen molar-refractivity contribution in [2.45, 2.75) is 12.8 Å². The lowest BCUT2D eigenvalue weighted by Crippen LogP contribution is -2.00. The van der Waals surface area contributed by atoms with Crippen LogP contribution in [0, 0.1) is 5.92 Å². The molecule has 148 valence electrons. The van der Waals surface area contributed by atoms with Gasteiger partial charge in [-0.1, -0.05) is 12.1 Å². The predicted molar refractivity (Wildman–Crippen MR) is 109 cm³/mol. The maximum Gasteiger partial charge on any atom is 0.308 e. The zero-order valence-electron chi connectivity index (χ0n) is 16.1. The molecule has 0 atom stereocenters. The van der Waals surface area contributed by atoms with Gasteiger partial charge in [0.05, 0.1) is 37.5 Å². The summed E-state index contributed by atoms with van der Waals surface area (Å²) >= 11 is 0. The van der Waals surface area contributed by atoms with Crippen molar-refractivity contribution in [3.8, 4) is 17.0 Å².